The zero-order valence-electron chi connectivity index (χ0n) is 15.6. The second-order valence-electron chi connectivity index (χ2n) is 7.51. The molecule has 4 heterocycles. The van der Waals surface area contributed by atoms with Crippen molar-refractivity contribution in [1.29, 1.82) is 0 Å². The summed E-state index contributed by atoms with van der Waals surface area (Å²) < 4.78 is 3.81. The fourth-order valence-corrected chi connectivity index (χ4v) is 4.10. The molecule has 0 aromatic carbocycles. The summed E-state index contributed by atoms with van der Waals surface area (Å²) in [5.74, 6) is 2.33. The molecule has 8 heteroatoms. The molecule has 2 aromatic rings. The lowest BCUT2D eigenvalue weighted by atomic mass is 9.96. The molecule has 4 rings (SSSR count). The van der Waals surface area contributed by atoms with Crippen LogP contribution in [0.2, 0.25) is 0 Å². The van der Waals surface area contributed by atoms with Gasteiger partial charge in [-0.3, -0.25) is 14.4 Å². The van der Waals surface area contributed by atoms with E-state index in [1.807, 2.05) is 11.9 Å². The summed E-state index contributed by atoms with van der Waals surface area (Å²) >= 11 is 0. The number of likely N-dealkylation sites (tertiary alicyclic amines) is 2. The first kappa shape index (κ1) is 17.2. The van der Waals surface area contributed by atoms with Crippen LogP contribution in [0.3, 0.4) is 0 Å². The highest BCUT2D eigenvalue weighted by Crippen LogP contribution is 2.27. The van der Waals surface area contributed by atoms with E-state index in [2.05, 4.69) is 31.8 Å². The van der Waals surface area contributed by atoms with Crippen LogP contribution in [-0.4, -0.2) is 66.4 Å². The molecule has 2 aliphatic heterocycles. The second-order valence-corrected chi connectivity index (χ2v) is 7.51. The average molecular weight is 357 g/mol. The normalized spacial score (nSPS) is 21.5. The highest BCUT2D eigenvalue weighted by Gasteiger charge is 2.29. The monoisotopic (exact) mass is 357 g/mol. The number of hydrogen-bond donors (Lipinski definition) is 0. The lowest BCUT2D eigenvalue weighted by Crippen LogP contribution is -2.39. The van der Waals surface area contributed by atoms with E-state index < -0.39 is 0 Å². The minimum Gasteiger partial charge on any atom is -0.338 e. The highest BCUT2D eigenvalue weighted by atomic mass is 16.2. The van der Waals surface area contributed by atoms with E-state index >= 15 is 0 Å². The molecule has 0 radical (unpaired) electrons. The summed E-state index contributed by atoms with van der Waals surface area (Å²) in [5.41, 5.74) is 0.654. The van der Waals surface area contributed by atoms with Crippen molar-refractivity contribution < 1.29 is 4.79 Å². The van der Waals surface area contributed by atoms with Crippen LogP contribution in [0.15, 0.2) is 12.4 Å². The standard InChI is InChI=1S/C18H27N7O/c1-22-11-15(10-19-22)18(26)25-9-5-6-14(12-25)17-21-20-16(23(17)2)13-24-7-3-4-8-24/h10-11,14H,3-9,12-13H2,1-2H3. The van der Waals surface area contributed by atoms with E-state index in [0.717, 1.165) is 50.7 Å². The molecule has 26 heavy (non-hydrogen) atoms. The Balaban J connectivity index is 1.46. The van der Waals surface area contributed by atoms with Gasteiger partial charge in [0.25, 0.3) is 5.91 Å². The molecule has 2 saturated heterocycles. The second kappa shape index (κ2) is 7.19. The smallest absolute Gasteiger partial charge is 0.257 e. The van der Waals surface area contributed by atoms with E-state index in [1.165, 1.54) is 12.8 Å². The van der Waals surface area contributed by atoms with Gasteiger partial charge in [-0.25, -0.2) is 0 Å². The quantitative estimate of drug-likeness (QED) is 0.821. The van der Waals surface area contributed by atoms with E-state index in [0.29, 0.717) is 12.1 Å². The van der Waals surface area contributed by atoms with Crippen molar-refractivity contribution in [3.8, 4) is 0 Å². The van der Waals surface area contributed by atoms with Crippen LogP contribution in [-0.2, 0) is 20.6 Å². The van der Waals surface area contributed by atoms with Gasteiger partial charge in [-0.05, 0) is 38.8 Å². The van der Waals surface area contributed by atoms with Gasteiger partial charge in [0.15, 0.2) is 0 Å². The number of nitrogens with zero attached hydrogens (tertiary/aromatic N) is 7. The number of carbonyl (C=O) groups excluding carboxylic acids is 1. The Labute approximate surface area is 153 Å². The van der Waals surface area contributed by atoms with Gasteiger partial charge in [0.05, 0.1) is 18.3 Å². The average Bonchev–Trinajstić information content (AvgIpc) is 3.38. The summed E-state index contributed by atoms with van der Waals surface area (Å²) in [5, 5.41) is 13.0. The van der Waals surface area contributed by atoms with Crippen LogP contribution in [0.1, 0.15) is 53.6 Å². The largest absolute Gasteiger partial charge is 0.338 e. The lowest BCUT2D eigenvalue weighted by molar-refractivity contribution is 0.0703. The van der Waals surface area contributed by atoms with Crippen LogP contribution in [0.5, 0.6) is 0 Å². The first-order chi connectivity index (χ1) is 12.6. The Bertz CT molecular complexity index is 774. The Morgan fingerprint density at radius 3 is 2.69 bits per heavy atom. The molecule has 1 unspecified atom stereocenters. The van der Waals surface area contributed by atoms with Gasteiger partial charge in [-0.15, -0.1) is 10.2 Å². The van der Waals surface area contributed by atoms with Crippen molar-refractivity contribution in [1.82, 2.24) is 34.3 Å². The minimum absolute atomic E-state index is 0.0576. The highest BCUT2D eigenvalue weighted by molar-refractivity contribution is 5.93. The molecule has 2 aromatic heterocycles. The molecule has 1 amide bonds. The van der Waals surface area contributed by atoms with E-state index in [4.69, 9.17) is 0 Å². The maximum Gasteiger partial charge on any atom is 0.257 e. The SMILES string of the molecule is Cn1cc(C(=O)N2CCCC(c3nnc(CN4CCCC4)n3C)C2)cn1. The number of rotatable bonds is 4. The van der Waals surface area contributed by atoms with Crippen molar-refractivity contribution in [3.63, 3.8) is 0 Å². The van der Waals surface area contributed by atoms with E-state index in [-0.39, 0.29) is 11.8 Å². The van der Waals surface area contributed by atoms with Gasteiger partial charge in [0.2, 0.25) is 0 Å². The van der Waals surface area contributed by atoms with Crippen molar-refractivity contribution in [2.45, 2.75) is 38.1 Å². The molecule has 0 bridgehead atoms. The first-order valence-electron chi connectivity index (χ1n) is 9.50. The molecule has 0 aliphatic carbocycles. The van der Waals surface area contributed by atoms with Crippen molar-refractivity contribution in [2.75, 3.05) is 26.2 Å². The van der Waals surface area contributed by atoms with Crippen LogP contribution in [0.4, 0.5) is 0 Å². The number of aryl methyl sites for hydroxylation is 1. The third-order valence-electron chi connectivity index (χ3n) is 5.59. The number of aromatic nitrogens is 5. The molecule has 0 spiro atoms. The Morgan fingerprint density at radius 2 is 1.96 bits per heavy atom. The van der Waals surface area contributed by atoms with Crippen molar-refractivity contribution >= 4 is 5.91 Å². The van der Waals surface area contributed by atoms with Crippen LogP contribution in [0.25, 0.3) is 0 Å². The number of amides is 1. The van der Waals surface area contributed by atoms with Crippen molar-refractivity contribution in [3.05, 3.63) is 29.6 Å². The zero-order valence-corrected chi connectivity index (χ0v) is 15.6. The van der Waals surface area contributed by atoms with E-state index in [9.17, 15) is 4.79 Å². The van der Waals surface area contributed by atoms with Gasteiger partial charge in [0.1, 0.15) is 11.6 Å². The number of hydrogen-bond acceptors (Lipinski definition) is 5. The predicted molar refractivity (Wildman–Crippen MR) is 96.6 cm³/mol. The van der Waals surface area contributed by atoms with Gasteiger partial charge < -0.3 is 9.47 Å². The van der Waals surface area contributed by atoms with Gasteiger partial charge in [-0.1, -0.05) is 0 Å². The Kier molecular flexibility index (Phi) is 4.76. The molecular formula is C18H27N7O. The molecular weight excluding hydrogens is 330 g/mol. The summed E-state index contributed by atoms with van der Waals surface area (Å²) in [6, 6.07) is 0. The summed E-state index contributed by atoms with van der Waals surface area (Å²) in [4.78, 5) is 17.1. The third-order valence-corrected chi connectivity index (χ3v) is 5.59. The fraction of sp³-hybridized carbons (Fsp3) is 0.667. The summed E-state index contributed by atoms with van der Waals surface area (Å²) in [7, 11) is 3.89. The lowest BCUT2D eigenvalue weighted by Gasteiger charge is -2.32. The molecule has 8 nitrogen and oxygen atoms in total. The third kappa shape index (κ3) is 3.38. The first-order valence-corrected chi connectivity index (χ1v) is 9.50. The molecule has 1 atom stereocenters. The number of piperidine rings is 1. The zero-order chi connectivity index (χ0) is 18.1. The van der Waals surface area contributed by atoms with Gasteiger partial charge in [0, 0.05) is 39.3 Å². The molecule has 2 fully saturated rings. The maximum atomic E-state index is 12.7. The van der Waals surface area contributed by atoms with Crippen LogP contribution >= 0.6 is 0 Å². The molecule has 140 valence electrons. The van der Waals surface area contributed by atoms with Crippen LogP contribution in [0, 0.1) is 0 Å². The fourth-order valence-electron chi connectivity index (χ4n) is 4.10. The van der Waals surface area contributed by atoms with Crippen LogP contribution < -0.4 is 0 Å². The minimum atomic E-state index is 0.0576. The maximum absolute atomic E-state index is 12.7. The Morgan fingerprint density at radius 1 is 1.15 bits per heavy atom. The summed E-state index contributed by atoms with van der Waals surface area (Å²) in [6.45, 7) is 4.67. The van der Waals surface area contributed by atoms with Gasteiger partial charge in [-0.2, -0.15) is 5.10 Å². The van der Waals surface area contributed by atoms with Crippen molar-refractivity contribution in [2.24, 2.45) is 14.1 Å². The molecule has 0 N–H and O–H groups in total. The topological polar surface area (TPSA) is 72.1 Å². The summed E-state index contributed by atoms with van der Waals surface area (Å²) in [6.07, 6.45) is 8.01. The Hall–Kier alpha value is -2.22. The number of carbonyl (C=O) groups is 1. The van der Waals surface area contributed by atoms with Gasteiger partial charge >= 0.3 is 0 Å². The predicted octanol–water partition coefficient (Wildman–Crippen LogP) is 1.16. The molecule has 0 saturated carbocycles. The molecule has 2 aliphatic rings. The van der Waals surface area contributed by atoms with E-state index in [1.54, 1.807) is 17.1 Å².